The normalized spacial score (nSPS) is 29.8. The van der Waals surface area contributed by atoms with Crippen molar-refractivity contribution in [1.29, 1.82) is 0 Å². The van der Waals surface area contributed by atoms with Gasteiger partial charge in [0.2, 0.25) is 0 Å². The third kappa shape index (κ3) is 1.80. The lowest BCUT2D eigenvalue weighted by atomic mass is 10.0. The molecule has 0 unspecified atom stereocenters. The van der Waals surface area contributed by atoms with Gasteiger partial charge in [0.05, 0.1) is 0 Å². The van der Waals surface area contributed by atoms with Gasteiger partial charge in [-0.25, -0.2) is 0 Å². The molecule has 2 heterocycles. The predicted molar refractivity (Wildman–Crippen MR) is 50.8 cm³/mol. The average molecular weight is 167 g/mol. The Morgan fingerprint density at radius 1 is 0.917 bits per heavy atom. The molecule has 2 heteroatoms. The molecule has 0 amide bonds. The molecular weight excluding hydrogens is 148 g/mol. The first-order valence-corrected chi connectivity index (χ1v) is 5.16. The molecule has 70 valence electrons. The van der Waals surface area contributed by atoms with Crippen LogP contribution in [0.3, 0.4) is 0 Å². The Kier molecular flexibility index (Phi) is 2.66. The van der Waals surface area contributed by atoms with Crippen molar-refractivity contribution >= 4 is 0 Å². The number of rotatable bonds is 1. The Morgan fingerprint density at radius 2 is 1.50 bits per heavy atom. The number of hydrogen-bond donors (Lipinski definition) is 0. The zero-order valence-corrected chi connectivity index (χ0v) is 7.84. The summed E-state index contributed by atoms with van der Waals surface area (Å²) >= 11 is 0. The van der Waals surface area contributed by atoms with Gasteiger partial charge in [0.25, 0.3) is 0 Å². The molecule has 2 saturated heterocycles. The molecule has 2 aliphatic rings. The van der Waals surface area contributed by atoms with Crippen molar-refractivity contribution in [3.05, 3.63) is 7.05 Å². The Hall–Kier alpha value is -0.0800. The summed E-state index contributed by atoms with van der Waals surface area (Å²) in [5, 5.41) is 0. The Balaban J connectivity index is 1.80. The topological polar surface area (TPSA) is 6.48 Å². The van der Waals surface area contributed by atoms with Crippen LogP contribution in [0.1, 0.15) is 25.7 Å². The summed E-state index contributed by atoms with van der Waals surface area (Å²) in [7, 11) is 3.97. The Bertz CT molecular complexity index is 133. The van der Waals surface area contributed by atoms with E-state index < -0.39 is 0 Å². The van der Waals surface area contributed by atoms with E-state index >= 15 is 0 Å². The summed E-state index contributed by atoms with van der Waals surface area (Å²) in [6, 6.07) is 0.880. The Labute approximate surface area is 75.5 Å². The van der Waals surface area contributed by atoms with Crippen molar-refractivity contribution in [1.82, 2.24) is 9.80 Å². The molecule has 0 aromatic heterocycles. The van der Waals surface area contributed by atoms with Crippen LogP contribution in [0.4, 0.5) is 0 Å². The fourth-order valence-corrected chi connectivity index (χ4v) is 2.39. The molecule has 0 saturated carbocycles. The first-order chi connectivity index (χ1) is 5.86. The minimum atomic E-state index is 0.880. The lowest BCUT2D eigenvalue weighted by Gasteiger charge is -2.38. The van der Waals surface area contributed by atoms with Gasteiger partial charge in [0, 0.05) is 6.04 Å². The molecule has 0 radical (unpaired) electrons. The Morgan fingerprint density at radius 3 is 2.08 bits per heavy atom. The van der Waals surface area contributed by atoms with Crippen LogP contribution in [0.5, 0.6) is 0 Å². The minimum Gasteiger partial charge on any atom is -0.459 e. The van der Waals surface area contributed by atoms with Crippen LogP contribution in [0.25, 0.3) is 0 Å². The third-order valence-corrected chi connectivity index (χ3v) is 3.21. The van der Waals surface area contributed by atoms with Crippen molar-refractivity contribution in [2.45, 2.75) is 31.7 Å². The highest BCUT2D eigenvalue weighted by Crippen LogP contribution is 2.20. The quantitative estimate of drug-likeness (QED) is 0.544. The molecule has 0 N–H and O–H groups in total. The van der Waals surface area contributed by atoms with Gasteiger partial charge in [-0.3, -0.25) is 7.05 Å². The minimum absolute atomic E-state index is 0.880. The molecule has 0 bridgehead atoms. The molecule has 2 rings (SSSR count). The van der Waals surface area contributed by atoms with Gasteiger partial charge in [0.15, 0.2) is 0 Å². The summed E-state index contributed by atoms with van der Waals surface area (Å²) in [6.07, 6.45) is 5.52. The van der Waals surface area contributed by atoms with Gasteiger partial charge in [0.1, 0.15) is 0 Å². The number of nitrogens with zero attached hydrogens (tertiary/aromatic N) is 2. The van der Waals surface area contributed by atoms with Gasteiger partial charge >= 0.3 is 0 Å². The number of hydrogen-bond acceptors (Lipinski definition) is 2. The van der Waals surface area contributed by atoms with Crippen LogP contribution in [-0.4, -0.2) is 42.0 Å². The fraction of sp³-hybridized carbons (Fsp3) is 0.900. The highest BCUT2D eigenvalue weighted by molar-refractivity contribution is 4.81. The molecule has 0 aliphatic carbocycles. The molecule has 2 nitrogen and oxygen atoms in total. The van der Waals surface area contributed by atoms with Gasteiger partial charge in [-0.2, -0.15) is 0 Å². The molecule has 0 aromatic carbocycles. The van der Waals surface area contributed by atoms with E-state index in [1.165, 1.54) is 51.9 Å². The smallest absolute Gasteiger partial charge is 0.0118 e. The second-order valence-corrected chi connectivity index (χ2v) is 4.09. The van der Waals surface area contributed by atoms with E-state index in [9.17, 15) is 0 Å². The van der Waals surface area contributed by atoms with E-state index in [-0.39, 0.29) is 0 Å². The molecule has 2 aliphatic heterocycles. The highest BCUT2D eigenvalue weighted by Gasteiger charge is 2.23. The summed E-state index contributed by atoms with van der Waals surface area (Å²) in [5.41, 5.74) is 0. The average Bonchev–Trinajstić information content (AvgIpc) is 2.58. The van der Waals surface area contributed by atoms with Gasteiger partial charge in [-0.05, 0) is 51.9 Å². The summed E-state index contributed by atoms with van der Waals surface area (Å²) < 4.78 is 0. The molecule has 2 fully saturated rings. The van der Waals surface area contributed by atoms with E-state index in [0.717, 1.165) is 6.04 Å². The van der Waals surface area contributed by atoms with Crippen LogP contribution >= 0.6 is 0 Å². The maximum absolute atomic E-state index is 3.97. The first kappa shape index (κ1) is 8.52. The number of likely N-dealkylation sites (tertiary alicyclic amines) is 2. The van der Waals surface area contributed by atoms with Gasteiger partial charge in [-0.1, -0.05) is 0 Å². The van der Waals surface area contributed by atoms with Crippen molar-refractivity contribution in [2.75, 3.05) is 26.2 Å². The standard InChI is InChI=1S/C10H19N2/c1-11-8-4-10(5-9-11)12-6-2-3-7-12/h10H,1-9H2/q-1. The lowest BCUT2D eigenvalue weighted by Crippen LogP contribution is -2.41. The van der Waals surface area contributed by atoms with Crippen LogP contribution in [0.15, 0.2) is 0 Å². The summed E-state index contributed by atoms with van der Waals surface area (Å²) in [6.45, 7) is 5.09. The van der Waals surface area contributed by atoms with E-state index in [0.29, 0.717) is 0 Å². The van der Waals surface area contributed by atoms with E-state index in [1.54, 1.807) is 0 Å². The van der Waals surface area contributed by atoms with Crippen molar-refractivity contribution in [2.24, 2.45) is 0 Å². The summed E-state index contributed by atoms with van der Waals surface area (Å²) in [4.78, 5) is 4.87. The van der Waals surface area contributed by atoms with Gasteiger partial charge < -0.3 is 9.80 Å². The molecule has 0 aromatic rings. The largest absolute Gasteiger partial charge is 0.459 e. The van der Waals surface area contributed by atoms with Crippen molar-refractivity contribution < 1.29 is 0 Å². The second kappa shape index (κ2) is 3.75. The van der Waals surface area contributed by atoms with Crippen LogP contribution in [0.2, 0.25) is 0 Å². The maximum Gasteiger partial charge on any atom is 0.0118 e. The van der Waals surface area contributed by atoms with Crippen LogP contribution in [0, 0.1) is 7.05 Å². The first-order valence-electron chi connectivity index (χ1n) is 5.16. The predicted octanol–water partition coefficient (Wildman–Crippen LogP) is 1.34. The summed E-state index contributed by atoms with van der Waals surface area (Å²) in [5.74, 6) is 0. The van der Waals surface area contributed by atoms with Crippen molar-refractivity contribution in [3.8, 4) is 0 Å². The highest BCUT2D eigenvalue weighted by atomic mass is 15.2. The lowest BCUT2D eigenvalue weighted by molar-refractivity contribution is 0.152. The fourth-order valence-electron chi connectivity index (χ4n) is 2.39. The van der Waals surface area contributed by atoms with Crippen LogP contribution in [-0.2, 0) is 0 Å². The zero-order valence-electron chi connectivity index (χ0n) is 7.84. The van der Waals surface area contributed by atoms with E-state index in [1.807, 2.05) is 0 Å². The number of piperidine rings is 1. The zero-order chi connectivity index (χ0) is 8.39. The second-order valence-electron chi connectivity index (χ2n) is 4.09. The van der Waals surface area contributed by atoms with E-state index in [4.69, 9.17) is 0 Å². The molecule has 0 atom stereocenters. The molecular formula is C10H19N2-. The van der Waals surface area contributed by atoms with Crippen LogP contribution < -0.4 is 0 Å². The van der Waals surface area contributed by atoms with Crippen molar-refractivity contribution in [3.63, 3.8) is 0 Å². The third-order valence-electron chi connectivity index (χ3n) is 3.21. The van der Waals surface area contributed by atoms with Gasteiger partial charge in [-0.15, -0.1) is 0 Å². The SMILES string of the molecule is [CH2-]N1CCC(N2CCCC2)CC1. The molecule has 12 heavy (non-hydrogen) atoms. The monoisotopic (exact) mass is 167 g/mol. The molecule has 0 spiro atoms. The van der Waals surface area contributed by atoms with E-state index in [2.05, 4.69) is 16.8 Å². The maximum atomic E-state index is 3.97.